The number of esters is 1. The van der Waals surface area contributed by atoms with Gasteiger partial charge in [-0.05, 0) is 27.7 Å². The number of nitrogens with one attached hydrogen (secondary N) is 1. The normalized spacial score (nSPS) is 14.8. The van der Waals surface area contributed by atoms with Gasteiger partial charge in [-0.15, -0.1) is 0 Å². The van der Waals surface area contributed by atoms with Crippen molar-refractivity contribution in [3.63, 3.8) is 0 Å². The minimum atomic E-state index is -0.606. The molecule has 1 aliphatic rings. The first-order valence-corrected chi connectivity index (χ1v) is 8.15. The number of aromatic amines is 1. The quantitative estimate of drug-likeness (QED) is 0.823. The van der Waals surface area contributed by atoms with Crippen molar-refractivity contribution in [1.29, 1.82) is 5.26 Å². The first-order valence-electron chi connectivity index (χ1n) is 8.15. The van der Waals surface area contributed by atoms with E-state index in [4.69, 9.17) is 14.7 Å². The van der Waals surface area contributed by atoms with Gasteiger partial charge in [-0.1, -0.05) is 0 Å². The Hall–Kier alpha value is -2.76. The van der Waals surface area contributed by atoms with Crippen molar-refractivity contribution < 1.29 is 19.1 Å². The molecule has 0 saturated carbocycles. The molecule has 0 aromatic carbocycles. The second kappa shape index (κ2) is 7.42. The summed E-state index contributed by atoms with van der Waals surface area (Å²) in [7, 11) is 0. The topological polar surface area (TPSA) is 112 Å². The number of aromatic nitrogens is 2. The Bertz CT molecular complexity index is 678. The summed E-state index contributed by atoms with van der Waals surface area (Å²) in [6, 6.07) is 1.89. The Balaban J connectivity index is 2.02. The highest BCUT2D eigenvalue weighted by Crippen LogP contribution is 2.18. The molecule has 0 bridgehead atoms. The van der Waals surface area contributed by atoms with Crippen LogP contribution in [0.4, 0.5) is 10.7 Å². The van der Waals surface area contributed by atoms with Gasteiger partial charge in [0.25, 0.3) is 0 Å². The minimum Gasteiger partial charge on any atom is -0.461 e. The average molecular weight is 349 g/mol. The molecule has 0 atom stereocenters. The van der Waals surface area contributed by atoms with Crippen LogP contribution < -0.4 is 4.90 Å². The van der Waals surface area contributed by atoms with E-state index in [1.165, 1.54) is 0 Å². The van der Waals surface area contributed by atoms with Crippen molar-refractivity contribution >= 4 is 18.0 Å². The maximum absolute atomic E-state index is 12.1. The second-order valence-electron chi connectivity index (χ2n) is 6.57. The summed E-state index contributed by atoms with van der Waals surface area (Å²) in [5.74, 6) is -0.186. The lowest BCUT2D eigenvalue weighted by Gasteiger charge is -2.35. The van der Waals surface area contributed by atoms with E-state index in [-0.39, 0.29) is 24.1 Å². The van der Waals surface area contributed by atoms with Crippen LogP contribution in [0.15, 0.2) is 0 Å². The molecule has 2 rings (SSSR count). The van der Waals surface area contributed by atoms with Crippen LogP contribution in [0.2, 0.25) is 0 Å². The summed E-state index contributed by atoms with van der Waals surface area (Å²) in [4.78, 5) is 34.5. The van der Waals surface area contributed by atoms with Crippen LogP contribution in [0.3, 0.4) is 0 Å². The van der Waals surface area contributed by atoms with Crippen molar-refractivity contribution in [3.05, 3.63) is 11.4 Å². The summed E-state index contributed by atoms with van der Waals surface area (Å²) in [6.45, 7) is 9.33. The lowest BCUT2D eigenvalue weighted by atomic mass is 10.2. The van der Waals surface area contributed by atoms with Gasteiger partial charge in [0, 0.05) is 26.2 Å². The first-order chi connectivity index (χ1) is 11.7. The Labute approximate surface area is 146 Å². The van der Waals surface area contributed by atoms with E-state index in [1.807, 2.05) is 31.7 Å². The van der Waals surface area contributed by atoms with Gasteiger partial charge in [0.05, 0.1) is 6.61 Å². The molecule has 0 spiro atoms. The summed E-state index contributed by atoms with van der Waals surface area (Å²) in [5.41, 5.74) is -0.484. The second-order valence-corrected chi connectivity index (χ2v) is 6.57. The molecule has 9 heteroatoms. The van der Waals surface area contributed by atoms with Crippen LogP contribution in [-0.4, -0.2) is 65.3 Å². The van der Waals surface area contributed by atoms with E-state index in [0.29, 0.717) is 32.1 Å². The lowest BCUT2D eigenvalue weighted by molar-refractivity contribution is 0.0240. The van der Waals surface area contributed by atoms with Gasteiger partial charge in [-0.3, -0.25) is 0 Å². The molecule has 0 radical (unpaired) electrons. The Morgan fingerprint density at radius 1 is 1.28 bits per heavy atom. The molecule has 25 heavy (non-hydrogen) atoms. The third kappa shape index (κ3) is 4.62. The number of hydrogen-bond acceptors (Lipinski definition) is 7. The Kier molecular flexibility index (Phi) is 5.51. The number of nitriles is 1. The van der Waals surface area contributed by atoms with Crippen LogP contribution >= 0.6 is 0 Å². The molecule has 1 aromatic heterocycles. The molecule has 0 unspecified atom stereocenters. The predicted molar refractivity (Wildman–Crippen MR) is 89.3 cm³/mol. The number of carbonyl (C=O) groups is 2. The van der Waals surface area contributed by atoms with Crippen molar-refractivity contribution in [2.45, 2.75) is 33.3 Å². The fourth-order valence-electron chi connectivity index (χ4n) is 2.37. The Morgan fingerprint density at radius 2 is 1.92 bits per heavy atom. The van der Waals surface area contributed by atoms with Crippen molar-refractivity contribution in [3.8, 4) is 6.07 Å². The molecular formula is C16H23N5O4. The van der Waals surface area contributed by atoms with Crippen LogP contribution in [0.5, 0.6) is 0 Å². The fourth-order valence-corrected chi connectivity index (χ4v) is 2.37. The van der Waals surface area contributed by atoms with E-state index >= 15 is 0 Å². The van der Waals surface area contributed by atoms with E-state index in [0.717, 1.165) is 0 Å². The van der Waals surface area contributed by atoms with Crippen molar-refractivity contribution in [2.24, 2.45) is 0 Å². The zero-order chi connectivity index (χ0) is 18.6. The zero-order valence-electron chi connectivity index (χ0n) is 15.0. The highest BCUT2D eigenvalue weighted by molar-refractivity contribution is 5.90. The number of carbonyl (C=O) groups excluding carboxylic acids is 2. The molecule has 1 fully saturated rings. The van der Waals surface area contributed by atoms with Crippen molar-refractivity contribution in [2.75, 3.05) is 37.7 Å². The largest absolute Gasteiger partial charge is 0.461 e. The van der Waals surface area contributed by atoms with Gasteiger partial charge in [-0.2, -0.15) is 5.26 Å². The average Bonchev–Trinajstić information content (AvgIpc) is 2.98. The van der Waals surface area contributed by atoms with Gasteiger partial charge in [-0.25, -0.2) is 14.6 Å². The predicted octanol–water partition coefficient (Wildman–Crippen LogP) is 1.52. The molecule has 1 saturated heterocycles. The lowest BCUT2D eigenvalue weighted by Crippen LogP contribution is -2.50. The standard InChI is InChI=1S/C16H23N5O4/c1-5-24-13(22)12-11(10-17)18-14(19-12)20-6-8-21(9-7-20)15(23)25-16(2,3)4/h5-9H2,1-4H3,(H,18,19). The maximum atomic E-state index is 12.1. The van der Waals surface area contributed by atoms with Crippen LogP contribution in [0, 0.1) is 11.3 Å². The van der Waals surface area contributed by atoms with Gasteiger partial charge < -0.3 is 24.3 Å². The summed E-state index contributed by atoms with van der Waals surface area (Å²) in [6.07, 6.45) is -0.350. The number of H-pyrrole nitrogens is 1. The van der Waals surface area contributed by atoms with E-state index in [9.17, 15) is 9.59 Å². The smallest absolute Gasteiger partial charge is 0.410 e. The van der Waals surface area contributed by atoms with E-state index in [1.54, 1.807) is 11.8 Å². The molecule has 1 aliphatic heterocycles. The molecule has 2 heterocycles. The molecule has 1 aromatic rings. The van der Waals surface area contributed by atoms with Crippen LogP contribution in [0.25, 0.3) is 0 Å². The highest BCUT2D eigenvalue weighted by atomic mass is 16.6. The number of imidazole rings is 1. The van der Waals surface area contributed by atoms with Crippen LogP contribution in [0.1, 0.15) is 43.9 Å². The third-order valence-corrected chi connectivity index (χ3v) is 3.51. The number of nitrogens with zero attached hydrogens (tertiary/aromatic N) is 4. The highest BCUT2D eigenvalue weighted by Gasteiger charge is 2.28. The third-order valence-electron chi connectivity index (χ3n) is 3.51. The number of hydrogen-bond donors (Lipinski definition) is 1. The summed E-state index contributed by atoms with van der Waals surface area (Å²) in [5, 5.41) is 9.14. The number of piperazine rings is 1. The molecule has 9 nitrogen and oxygen atoms in total. The molecule has 1 amide bonds. The van der Waals surface area contributed by atoms with E-state index in [2.05, 4.69) is 9.97 Å². The summed E-state index contributed by atoms with van der Waals surface area (Å²) >= 11 is 0. The fraction of sp³-hybridized carbons (Fsp3) is 0.625. The van der Waals surface area contributed by atoms with Gasteiger partial charge >= 0.3 is 12.1 Å². The Morgan fingerprint density at radius 3 is 2.44 bits per heavy atom. The van der Waals surface area contributed by atoms with Gasteiger partial charge in [0.1, 0.15) is 11.7 Å². The maximum Gasteiger partial charge on any atom is 0.410 e. The molecule has 136 valence electrons. The van der Waals surface area contributed by atoms with Crippen LogP contribution in [-0.2, 0) is 9.47 Å². The van der Waals surface area contributed by atoms with E-state index < -0.39 is 11.6 Å². The zero-order valence-corrected chi connectivity index (χ0v) is 15.0. The number of rotatable bonds is 3. The minimum absolute atomic E-state index is 0.00280. The molecular weight excluding hydrogens is 326 g/mol. The number of anilines is 1. The van der Waals surface area contributed by atoms with Gasteiger partial charge in [0.2, 0.25) is 5.95 Å². The monoisotopic (exact) mass is 349 g/mol. The number of ether oxygens (including phenoxy) is 2. The van der Waals surface area contributed by atoms with Crippen molar-refractivity contribution in [1.82, 2.24) is 14.9 Å². The molecule has 1 N–H and O–H groups in total. The number of amides is 1. The molecule has 0 aliphatic carbocycles. The SMILES string of the molecule is CCOC(=O)c1[nH]c(N2CCN(C(=O)OC(C)(C)C)CC2)nc1C#N. The first kappa shape index (κ1) is 18.6. The van der Waals surface area contributed by atoms with Gasteiger partial charge in [0.15, 0.2) is 11.4 Å². The summed E-state index contributed by atoms with van der Waals surface area (Å²) < 4.78 is 10.3.